The number of anilines is 1. The van der Waals surface area contributed by atoms with Gasteiger partial charge in [0.2, 0.25) is 5.71 Å². The Balaban J connectivity index is 2.98. The number of nitrogens with zero attached hydrogens (tertiary/aromatic N) is 1. The first kappa shape index (κ1) is 6.09. The van der Waals surface area contributed by atoms with Crippen LogP contribution in [-0.4, -0.2) is 2.78 Å². The van der Waals surface area contributed by atoms with E-state index >= 15 is 0 Å². The van der Waals surface area contributed by atoms with Gasteiger partial charge in [-0.2, -0.15) is 0 Å². The topological polar surface area (TPSA) is 44.1 Å². The predicted molar refractivity (Wildman–Crippen MR) is 48.0 cm³/mol. The molecule has 0 atom stereocenters. The van der Waals surface area contributed by atoms with Crippen LogP contribution in [0, 0.1) is 0 Å². The zero-order valence-corrected chi connectivity index (χ0v) is 7.20. The van der Waals surface area contributed by atoms with E-state index in [2.05, 4.69) is 22.9 Å². The van der Waals surface area contributed by atoms with E-state index in [4.69, 9.17) is 10.2 Å². The number of hydrogen-bond donors (Lipinski definition) is 1. The first-order chi connectivity index (χ1) is 4.79. The van der Waals surface area contributed by atoms with Crippen molar-refractivity contribution in [1.82, 2.24) is 2.78 Å². The smallest absolute Gasteiger partial charge is 0.217 e. The maximum Gasteiger partial charge on any atom is 0.217 e. The van der Waals surface area contributed by atoms with Crippen molar-refractivity contribution in [2.45, 2.75) is 0 Å². The predicted octanol–water partition coefficient (Wildman–Crippen LogP) is 2.01. The van der Waals surface area contributed by atoms with Crippen molar-refractivity contribution in [3.05, 3.63) is 18.5 Å². The molecule has 0 amide bonds. The molecule has 0 spiro atoms. The van der Waals surface area contributed by atoms with Gasteiger partial charge in [-0.1, -0.05) is 0 Å². The van der Waals surface area contributed by atoms with Crippen molar-refractivity contribution >= 4 is 39.7 Å². The third-order valence-electron chi connectivity index (χ3n) is 1.40. The molecule has 0 aliphatic rings. The van der Waals surface area contributed by atoms with Crippen molar-refractivity contribution in [2.75, 3.05) is 5.73 Å². The van der Waals surface area contributed by atoms with E-state index < -0.39 is 0 Å². The van der Waals surface area contributed by atoms with Crippen LogP contribution in [0.1, 0.15) is 0 Å². The van der Waals surface area contributed by atoms with Crippen molar-refractivity contribution in [2.24, 2.45) is 0 Å². The van der Waals surface area contributed by atoms with Gasteiger partial charge in [0, 0.05) is 6.20 Å². The molecule has 0 aromatic carbocycles. The lowest BCUT2D eigenvalue weighted by atomic mass is 10.4. The molecule has 0 radical (unpaired) electrons. The number of halogens is 1. The molecule has 2 heterocycles. The van der Waals surface area contributed by atoms with Crippen LogP contribution in [0.15, 0.2) is 22.9 Å². The van der Waals surface area contributed by atoms with Gasteiger partial charge in [-0.25, -0.2) is 0 Å². The standard InChI is InChI=1S/C6H5IN2O/c7-9-3-5(8)4-1-2-10-6(4)9/h1-3H,8H2. The van der Waals surface area contributed by atoms with Crippen molar-refractivity contribution in [3.8, 4) is 0 Å². The van der Waals surface area contributed by atoms with Crippen LogP contribution < -0.4 is 5.73 Å². The molecule has 0 fully saturated rings. The van der Waals surface area contributed by atoms with Crippen LogP contribution in [0.25, 0.3) is 11.1 Å². The van der Waals surface area contributed by atoms with Gasteiger partial charge in [-0.3, -0.25) is 2.78 Å². The summed E-state index contributed by atoms with van der Waals surface area (Å²) in [5.41, 5.74) is 7.22. The number of nitrogens with two attached hydrogens (primary N) is 1. The number of furan rings is 1. The average molecular weight is 248 g/mol. The lowest BCUT2D eigenvalue weighted by Gasteiger charge is -1.82. The molecule has 0 saturated carbocycles. The van der Waals surface area contributed by atoms with Gasteiger partial charge in [0.15, 0.2) is 0 Å². The summed E-state index contributed by atoms with van der Waals surface area (Å²) >= 11 is 2.12. The van der Waals surface area contributed by atoms with Gasteiger partial charge in [-0.15, -0.1) is 0 Å². The minimum Gasteiger partial charge on any atom is -0.447 e. The summed E-state index contributed by atoms with van der Waals surface area (Å²) in [6, 6.07) is 1.86. The molecular formula is C6H5IN2O. The normalized spacial score (nSPS) is 10.9. The summed E-state index contributed by atoms with van der Waals surface area (Å²) in [6.07, 6.45) is 3.46. The van der Waals surface area contributed by atoms with E-state index in [-0.39, 0.29) is 0 Å². The third kappa shape index (κ3) is 0.650. The fraction of sp³-hybridized carbons (Fsp3) is 0. The Morgan fingerprint density at radius 1 is 1.60 bits per heavy atom. The highest BCUT2D eigenvalue weighted by molar-refractivity contribution is 14.1. The largest absolute Gasteiger partial charge is 0.447 e. The molecule has 4 heteroatoms. The molecule has 52 valence electrons. The molecule has 0 bridgehead atoms. The van der Waals surface area contributed by atoms with Crippen LogP contribution in [0.2, 0.25) is 0 Å². The molecule has 2 aromatic rings. The Bertz CT molecular complexity index is 331. The highest BCUT2D eigenvalue weighted by Gasteiger charge is 2.05. The van der Waals surface area contributed by atoms with Crippen molar-refractivity contribution in [3.63, 3.8) is 0 Å². The SMILES string of the molecule is Nc1cn(I)c2occc12. The summed E-state index contributed by atoms with van der Waals surface area (Å²) in [5, 5.41) is 0.981. The summed E-state index contributed by atoms with van der Waals surface area (Å²) in [5.74, 6) is 0. The van der Waals surface area contributed by atoms with E-state index in [1.165, 1.54) is 0 Å². The Morgan fingerprint density at radius 3 is 3.10 bits per heavy atom. The summed E-state index contributed by atoms with van der Waals surface area (Å²) in [7, 11) is 0. The molecular weight excluding hydrogens is 243 g/mol. The molecule has 0 aliphatic heterocycles. The molecule has 0 saturated heterocycles. The Hall–Kier alpha value is -0.650. The molecule has 2 aromatic heterocycles. The number of aromatic nitrogens is 1. The van der Waals surface area contributed by atoms with Gasteiger partial charge in [0.1, 0.15) is 0 Å². The van der Waals surface area contributed by atoms with Gasteiger partial charge >= 0.3 is 0 Å². The van der Waals surface area contributed by atoms with Crippen LogP contribution in [0.5, 0.6) is 0 Å². The van der Waals surface area contributed by atoms with Gasteiger partial charge in [-0.05, 0) is 6.07 Å². The Kier molecular flexibility index (Phi) is 1.17. The van der Waals surface area contributed by atoms with Crippen molar-refractivity contribution in [1.29, 1.82) is 0 Å². The van der Waals surface area contributed by atoms with E-state index in [1.807, 2.05) is 15.0 Å². The van der Waals surface area contributed by atoms with Crippen molar-refractivity contribution < 1.29 is 4.42 Å². The monoisotopic (exact) mass is 248 g/mol. The molecule has 3 nitrogen and oxygen atoms in total. The zero-order valence-electron chi connectivity index (χ0n) is 5.04. The van der Waals surface area contributed by atoms with E-state index in [1.54, 1.807) is 6.26 Å². The molecule has 0 aliphatic carbocycles. The first-order valence-corrected chi connectivity index (χ1v) is 3.75. The minimum atomic E-state index is 0.762. The Labute approximate surface area is 71.3 Å². The number of fused-ring (bicyclic) bond motifs is 1. The molecule has 0 unspecified atom stereocenters. The number of rotatable bonds is 0. The fourth-order valence-corrected chi connectivity index (χ4v) is 1.61. The summed E-state index contributed by atoms with van der Waals surface area (Å²) in [6.45, 7) is 0. The Morgan fingerprint density at radius 2 is 2.40 bits per heavy atom. The highest BCUT2D eigenvalue weighted by atomic mass is 127. The maximum absolute atomic E-state index is 5.64. The molecule has 10 heavy (non-hydrogen) atoms. The van der Waals surface area contributed by atoms with Crippen LogP contribution in [0.3, 0.4) is 0 Å². The van der Waals surface area contributed by atoms with Gasteiger partial charge in [0.25, 0.3) is 0 Å². The zero-order chi connectivity index (χ0) is 7.14. The van der Waals surface area contributed by atoms with Gasteiger partial charge in [0.05, 0.1) is 40.2 Å². The lowest BCUT2D eigenvalue weighted by molar-refractivity contribution is 0.603. The van der Waals surface area contributed by atoms with Crippen LogP contribution in [-0.2, 0) is 0 Å². The summed E-state index contributed by atoms with van der Waals surface area (Å²) < 4.78 is 6.98. The molecule has 2 N–H and O–H groups in total. The quantitative estimate of drug-likeness (QED) is 0.724. The minimum absolute atomic E-state index is 0.762. The second-order valence-electron chi connectivity index (χ2n) is 2.04. The highest BCUT2D eigenvalue weighted by Crippen LogP contribution is 2.25. The van der Waals surface area contributed by atoms with Crippen LogP contribution in [0.4, 0.5) is 5.69 Å². The van der Waals surface area contributed by atoms with E-state index in [0.29, 0.717) is 0 Å². The molecule has 2 rings (SSSR count). The van der Waals surface area contributed by atoms with E-state index in [9.17, 15) is 0 Å². The summed E-state index contributed by atoms with van der Waals surface area (Å²) in [4.78, 5) is 0. The lowest BCUT2D eigenvalue weighted by Crippen LogP contribution is -1.78. The number of hydrogen-bond acceptors (Lipinski definition) is 2. The number of nitrogen functional groups attached to an aromatic ring is 1. The van der Waals surface area contributed by atoms with Gasteiger partial charge < -0.3 is 10.2 Å². The average Bonchev–Trinajstić information content (AvgIpc) is 2.39. The first-order valence-electron chi connectivity index (χ1n) is 2.79. The third-order valence-corrected chi connectivity index (χ3v) is 2.12. The fourth-order valence-electron chi connectivity index (χ4n) is 0.937. The second kappa shape index (κ2) is 1.91. The maximum atomic E-state index is 5.64. The van der Waals surface area contributed by atoms with Crippen LogP contribution >= 0.6 is 22.9 Å². The second-order valence-corrected chi connectivity index (χ2v) is 3.07. The van der Waals surface area contributed by atoms with E-state index in [0.717, 1.165) is 16.8 Å².